The molecule has 0 spiro atoms. The Kier molecular flexibility index (Phi) is 5.44. The molecule has 2 aromatic rings. The van der Waals surface area contributed by atoms with E-state index in [-0.39, 0.29) is 6.04 Å². The van der Waals surface area contributed by atoms with Gasteiger partial charge in [-0.1, -0.05) is 19.1 Å². The SMILES string of the molecule is CCNC(C)c1c(OC)cccc1OCc1cccs1. The number of hydrogen-bond donors (Lipinski definition) is 1. The highest BCUT2D eigenvalue weighted by Crippen LogP contribution is 2.34. The van der Waals surface area contributed by atoms with Gasteiger partial charge in [0.2, 0.25) is 0 Å². The summed E-state index contributed by atoms with van der Waals surface area (Å²) in [5.41, 5.74) is 1.08. The number of methoxy groups -OCH3 is 1. The fourth-order valence-corrected chi connectivity index (χ4v) is 2.82. The maximum absolute atomic E-state index is 5.98. The van der Waals surface area contributed by atoms with E-state index in [1.807, 2.05) is 24.3 Å². The van der Waals surface area contributed by atoms with Gasteiger partial charge in [-0.05, 0) is 37.0 Å². The average molecular weight is 291 g/mol. The molecule has 1 atom stereocenters. The van der Waals surface area contributed by atoms with E-state index in [2.05, 4.69) is 30.6 Å². The molecule has 0 amide bonds. The molecule has 0 aliphatic heterocycles. The second kappa shape index (κ2) is 7.31. The largest absolute Gasteiger partial charge is 0.496 e. The van der Waals surface area contributed by atoms with Crippen molar-refractivity contribution < 1.29 is 9.47 Å². The van der Waals surface area contributed by atoms with Gasteiger partial charge in [0.25, 0.3) is 0 Å². The smallest absolute Gasteiger partial charge is 0.128 e. The zero-order valence-corrected chi connectivity index (χ0v) is 13.0. The highest BCUT2D eigenvalue weighted by atomic mass is 32.1. The topological polar surface area (TPSA) is 30.5 Å². The second-order valence-corrected chi connectivity index (χ2v) is 5.55. The summed E-state index contributed by atoms with van der Waals surface area (Å²) in [5, 5.41) is 5.47. The summed E-state index contributed by atoms with van der Waals surface area (Å²) in [4.78, 5) is 1.22. The first-order chi connectivity index (χ1) is 9.76. The van der Waals surface area contributed by atoms with E-state index in [9.17, 15) is 0 Å². The lowest BCUT2D eigenvalue weighted by molar-refractivity contribution is 0.298. The van der Waals surface area contributed by atoms with Gasteiger partial charge in [-0.2, -0.15) is 0 Å². The van der Waals surface area contributed by atoms with Crippen molar-refractivity contribution in [2.45, 2.75) is 26.5 Å². The van der Waals surface area contributed by atoms with Crippen molar-refractivity contribution in [1.29, 1.82) is 0 Å². The molecule has 2 rings (SSSR count). The van der Waals surface area contributed by atoms with Crippen molar-refractivity contribution in [3.8, 4) is 11.5 Å². The van der Waals surface area contributed by atoms with Crippen molar-refractivity contribution in [3.63, 3.8) is 0 Å². The van der Waals surface area contributed by atoms with E-state index >= 15 is 0 Å². The monoisotopic (exact) mass is 291 g/mol. The minimum atomic E-state index is 0.189. The fourth-order valence-electron chi connectivity index (χ4n) is 2.21. The van der Waals surface area contributed by atoms with Crippen LogP contribution in [0.5, 0.6) is 11.5 Å². The molecule has 20 heavy (non-hydrogen) atoms. The first-order valence-electron chi connectivity index (χ1n) is 6.81. The van der Waals surface area contributed by atoms with Crippen LogP contribution in [0.4, 0.5) is 0 Å². The lowest BCUT2D eigenvalue weighted by Crippen LogP contribution is -2.19. The van der Waals surface area contributed by atoms with Crippen LogP contribution >= 0.6 is 11.3 Å². The molecule has 1 unspecified atom stereocenters. The molecule has 0 saturated heterocycles. The van der Waals surface area contributed by atoms with Gasteiger partial charge in [0, 0.05) is 10.9 Å². The lowest BCUT2D eigenvalue weighted by Gasteiger charge is -2.20. The molecule has 108 valence electrons. The van der Waals surface area contributed by atoms with Crippen LogP contribution in [0.1, 0.15) is 30.3 Å². The van der Waals surface area contributed by atoms with E-state index in [1.54, 1.807) is 18.4 Å². The third-order valence-electron chi connectivity index (χ3n) is 3.14. The van der Waals surface area contributed by atoms with Gasteiger partial charge in [0.15, 0.2) is 0 Å². The number of thiophene rings is 1. The van der Waals surface area contributed by atoms with Gasteiger partial charge in [-0.3, -0.25) is 0 Å². The van der Waals surface area contributed by atoms with Crippen LogP contribution in [-0.2, 0) is 6.61 Å². The molecule has 0 fully saturated rings. The number of ether oxygens (including phenoxy) is 2. The first-order valence-corrected chi connectivity index (χ1v) is 7.69. The van der Waals surface area contributed by atoms with Crippen LogP contribution in [-0.4, -0.2) is 13.7 Å². The molecule has 0 radical (unpaired) electrons. The van der Waals surface area contributed by atoms with E-state index in [1.165, 1.54) is 4.88 Å². The summed E-state index contributed by atoms with van der Waals surface area (Å²) >= 11 is 1.70. The molecule has 0 bridgehead atoms. The average Bonchev–Trinajstić information content (AvgIpc) is 2.98. The maximum atomic E-state index is 5.98. The maximum Gasteiger partial charge on any atom is 0.128 e. The molecule has 1 aromatic carbocycles. The first kappa shape index (κ1) is 14.9. The Hall–Kier alpha value is -1.52. The Bertz CT molecular complexity index is 525. The van der Waals surface area contributed by atoms with Gasteiger partial charge >= 0.3 is 0 Å². The molecular weight excluding hydrogens is 270 g/mol. The normalized spacial score (nSPS) is 12.2. The summed E-state index contributed by atoms with van der Waals surface area (Å²) in [7, 11) is 1.69. The Morgan fingerprint density at radius 2 is 2.00 bits per heavy atom. The van der Waals surface area contributed by atoms with Crippen LogP contribution in [0.25, 0.3) is 0 Å². The highest BCUT2D eigenvalue weighted by Gasteiger charge is 2.16. The molecule has 0 aliphatic rings. The summed E-state index contributed by atoms with van der Waals surface area (Å²) < 4.78 is 11.5. The van der Waals surface area contributed by atoms with Crippen LogP contribution in [0, 0.1) is 0 Å². The quantitative estimate of drug-likeness (QED) is 0.836. The van der Waals surface area contributed by atoms with Gasteiger partial charge in [0.05, 0.1) is 12.7 Å². The zero-order chi connectivity index (χ0) is 14.4. The molecule has 3 nitrogen and oxygen atoms in total. The van der Waals surface area contributed by atoms with Gasteiger partial charge in [-0.15, -0.1) is 11.3 Å². The third kappa shape index (κ3) is 3.52. The van der Waals surface area contributed by atoms with E-state index in [0.717, 1.165) is 23.6 Å². The Morgan fingerprint density at radius 1 is 1.20 bits per heavy atom. The van der Waals surface area contributed by atoms with E-state index < -0.39 is 0 Å². The summed E-state index contributed by atoms with van der Waals surface area (Å²) in [6.45, 7) is 5.72. The van der Waals surface area contributed by atoms with Crippen LogP contribution in [0.15, 0.2) is 35.7 Å². The molecular formula is C16H21NO2S. The molecule has 4 heteroatoms. The van der Waals surface area contributed by atoms with Crippen LogP contribution in [0.2, 0.25) is 0 Å². The van der Waals surface area contributed by atoms with Gasteiger partial charge in [-0.25, -0.2) is 0 Å². The Balaban J connectivity index is 2.21. The predicted molar refractivity (Wildman–Crippen MR) is 83.7 cm³/mol. The van der Waals surface area contributed by atoms with Crippen molar-refractivity contribution in [3.05, 3.63) is 46.2 Å². The Morgan fingerprint density at radius 3 is 2.65 bits per heavy atom. The van der Waals surface area contributed by atoms with E-state index in [4.69, 9.17) is 9.47 Å². The molecule has 1 heterocycles. The second-order valence-electron chi connectivity index (χ2n) is 4.52. The van der Waals surface area contributed by atoms with E-state index in [0.29, 0.717) is 6.61 Å². The van der Waals surface area contributed by atoms with Crippen molar-refractivity contribution in [2.24, 2.45) is 0 Å². The summed E-state index contributed by atoms with van der Waals surface area (Å²) in [6, 6.07) is 10.2. The third-order valence-corrected chi connectivity index (χ3v) is 3.99. The summed E-state index contributed by atoms with van der Waals surface area (Å²) in [5.74, 6) is 1.74. The number of benzene rings is 1. The minimum Gasteiger partial charge on any atom is -0.496 e. The lowest BCUT2D eigenvalue weighted by atomic mass is 10.1. The van der Waals surface area contributed by atoms with Crippen molar-refractivity contribution >= 4 is 11.3 Å². The van der Waals surface area contributed by atoms with Gasteiger partial charge in [0.1, 0.15) is 18.1 Å². The minimum absolute atomic E-state index is 0.189. The molecule has 0 saturated carbocycles. The van der Waals surface area contributed by atoms with Crippen molar-refractivity contribution in [2.75, 3.05) is 13.7 Å². The highest BCUT2D eigenvalue weighted by molar-refractivity contribution is 7.09. The molecule has 1 aromatic heterocycles. The van der Waals surface area contributed by atoms with Gasteiger partial charge < -0.3 is 14.8 Å². The number of nitrogens with one attached hydrogen (secondary N) is 1. The summed E-state index contributed by atoms with van der Waals surface area (Å²) in [6.07, 6.45) is 0. The zero-order valence-electron chi connectivity index (χ0n) is 12.2. The van der Waals surface area contributed by atoms with Crippen molar-refractivity contribution in [1.82, 2.24) is 5.32 Å². The fraction of sp³-hybridized carbons (Fsp3) is 0.375. The number of rotatable bonds is 7. The van der Waals surface area contributed by atoms with Crippen LogP contribution in [0.3, 0.4) is 0 Å². The van der Waals surface area contributed by atoms with Crippen LogP contribution < -0.4 is 14.8 Å². The molecule has 1 N–H and O–H groups in total. The Labute approximate surface area is 124 Å². The predicted octanol–water partition coefficient (Wildman–Crippen LogP) is 4.01. The molecule has 0 aliphatic carbocycles. The standard InChI is InChI=1S/C16H21NO2S/c1-4-17-12(2)16-14(18-3)8-5-9-15(16)19-11-13-7-6-10-20-13/h5-10,12,17H,4,11H2,1-3H3. The number of hydrogen-bond acceptors (Lipinski definition) is 4.